The summed E-state index contributed by atoms with van der Waals surface area (Å²) in [4.78, 5) is 17.1. The third-order valence-corrected chi connectivity index (χ3v) is 5.84. The van der Waals surface area contributed by atoms with Crippen LogP contribution in [0.5, 0.6) is 0 Å². The van der Waals surface area contributed by atoms with E-state index in [0.717, 1.165) is 58.1 Å². The highest BCUT2D eigenvalue weighted by atomic mass is 15.2. The van der Waals surface area contributed by atoms with Crippen LogP contribution >= 0.6 is 0 Å². The number of hydrogen-bond acceptors (Lipinski definition) is 4. The fraction of sp³-hybridized carbons (Fsp3) is 0.148. The van der Waals surface area contributed by atoms with Crippen LogP contribution < -0.4 is 4.90 Å². The Morgan fingerprint density at radius 2 is 1.65 bits per heavy atom. The summed E-state index contributed by atoms with van der Waals surface area (Å²) in [5.41, 5.74) is 8.11. The van der Waals surface area contributed by atoms with Gasteiger partial charge in [-0.3, -0.25) is 0 Å². The van der Waals surface area contributed by atoms with Crippen molar-refractivity contribution in [3.8, 4) is 11.3 Å². The number of hydrogen-bond donors (Lipinski definition) is 0. The van der Waals surface area contributed by atoms with Crippen LogP contribution in [0.2, 0.25) is 0 Å². The molecule has 152 valence electrons. The van der Waals surface area contributed by atoms with Gasteiger partial charge in [-0.1, -0.05) is 55.1 Å². The molecule has 5 rings (SSSR count). The minimum Gasteiger partial charge on any atom is -0.355 e. The second-order valence-electron chi connectivity index (χ2n) is 7.97. The van der Waals surface area contributed by atoms with Crippen molar-refractivity contribution in [3.63, 3.8) is 0 Å². The molecule has 1 fully saturated rings. The number of rotatable bonds is 5. The minimum absolute atomic E-state index is 0.306. The standard InChI is InChI=1S/C27H24N4/c1-4-19-13-14-25(28-22(19)5-2)31-16-21(17-31)27-26(20-10-8-9-18(3)15-20)29-23-11-6-7-12-24(23)30-27/h4-15,21H,1-2,16-17H2,3H3. The molecule has 0 bridgehead atoms. The molecular weight excluding hydrogens is 380 g/mol. The van der Waals surface area contributed by atoms with E-state index in [9.17, 15) is 0 Å². The van der Waals surface area contributed by atoms with Crippen LogP contribution in [0.25, 0.3) is 34.4 Å². The summed E-state index contributed by atoms with van der Waals surface area (Å²) in [6, 6.07) is 20.7. The molecule has 1 saturated heterocycles. The Labute approximate surface area is 182 Å². The number of pyridine rings is 1. The van der Waals surface area contributed by atoms with Crippen molar-refractivity contribution in [1.29, 1.82) is 0 Å². The first-order chi connectivity index (χ1) is 15.2. The average molecular weight is 405 g/mol. The van der Waals surface area contributed by atoms with Crippen molar-refractivity contribution < 1.29 is 0 Å². The Bertz CT molecular complexity index is 1300. The maximum atomic E-state index is 5.05. The van der Waals surface area contributed by atoms with Gasteiger partial charge in [0, 0.05) is 24.6 Å². The molecule has 0 aliphatic carbocycles. The quantitative estimate of drug-likeness (QED) is 0.416. The molecule has 0 spiro atoms. The van der Waals surface area contributed by atoms with Crippen molar-refractivity contribution in [2.75, 3.05) is 18.0 Å². The van der Waals surface area contributed by atoms with Gasteiger partial charge in [0.2, 0.25) is 0 Å². The molecule has 0 amide bonds. The van der Waals surface area contributed by atoms with Crippen LogP contribution in [0.3, 0.4) is 0 Å². The molecule has 1 aliphatic rings. The van der Waals surface area contributed by atoms with E-state index in [1.54, 1.807) is 6.08 Å². The zero-order chi connectivity index (χ0) is 21.4. The van der Waals surface area contributed by atoms with E-state index in [2.05, 4.69) is 49.2 Å². The lowest BCUT2D eigenvalue weighted by atomic mass is 9.91. The third-order valence-electron chi connectivity index (χ3n) is 5.84. The first kappa shape index (κ1) is 19.2. The van der Waals surface area contributed by atoms with Crippen molar-refractivity contribution in [1.82, 2.24) is 15.0 Å². The average Bonchev–Trinajstić information content (AvgIpc) is 2.77. The zero-order valence-electron chi connectivity index (χ0n) is 17.6. The van der Waals surface area contributed by atoms with E-state index in [4.69, 9.17) is 15.0 Å². The van der Waals surface area contributed by atoms with Crippen LogP contribution in [-0.2, 0) is 0 Å². The lowest BCUT2D eigenvalue weighted by Crippen LogP contribution is -2.46. The topological polar surface area (TPSA) is 41.9 Å². The smallest absolute Gasteiger partial charge is 0.129 e. The summed E-state index contributed by atoms with van der Waals surface area (Å²) in [5, 5.41) is 0. The molecule has 0 saturated carbocycles. The zero-order valence-corrected chi connectivity index (χ0v) is 17.6. The molecule has 1 aliphatic heterocycles. The molecule has 0 radical (unpaired) electrons. The number of benzene rings is 2. The summed E-state index contributed by atoms with van der Waals surface area (Å²) in [6.07, 6.45) is 3.59. The number of aromatic nitrogens is 3. The molecule has 31 heavy (non-hydrogen) atoms. The Morgan fingerprint density at radius 3 is 2.35 bits per heavy atom. The molecule has 4 heteroatoms. The first-order valence-corrected chi connectivity index (χ1v) is 10.5. The summed E-state index contributed by atoms with van der Waals surface area (Å²) in [5.74, 6) is 1.27. The molecule has 0 atom stereocenters. The first-order valence-electron chi connectivity index (χ1n) is 10.5. The van der Waals surface area contributed by atoms with E-state index < -0.39 is 0 Å². The summed E-state index contributed by atoms with van der Waals surface area (Å²) in [6.45, 7) is 11.6. The second-order valence-corrected chi connectivity index (χ2v) is 7.97. The Hall–Kier alpha value is -3.79. The van der Waals surface area contributed by atoms with Crippen LogP contribution in [0.15, 0.2) is 73.8 Å². The second kappa shape index (κ2) is 7.80. The van der Waals surface area contributed by atoms with E-state index >= 15 is 0 Å². The van der Waals surface area contributed by atoms with E-state index in [0.29, 0.717) is 5.92 Å². The van der Waals surface area contributed by atoms with Gasteiger partial charge in [0.05, 0.1) is 28.1 Å². The Morgan fingerprint density at radius 1 is 0.871 bits per heavy atom. The minimum atomic E-state index is 0.306. The molecule has 0 unspecified atom stereocenters. The van der Waals surface area contributed by atoms with Crippen molar-refractivity contribution in [3.05, 3.63) is 96.3 Å². The van der Waals surface area contributed by atoms with Crippen LogP contribution in [-0.4, -0.2) is 28.0 Å². The normalized spacial score (nSPS) is 13.8. The highest BCUT2D eigenvalue weighted by Crippen LogP contribution is 2.36. The predicted octanol–water partition coefficient (Wildman–Crippen LogP) is 5.89. The van der Waals surface area contributed by atoms with E-state index in [1.165, 1.54) is 5.56 Å². The number of aryl methyl sites for hydroxylation is 1. The summed E-state index contributed by atoms with van der Waals surface area (Å²) < 4.78 is 0. The molecule has 4 nitrogen and oxygen atoms in total. The van der Waals surface area contributed by atoms with Gasteiger partial charge in [0.25, 0.3) is 0 Å². The molecule has 0 N–H and O–H groups in total. The monoisotopic (exact) mass is 404 g/mol. The third kappa shape index (κ3) is 3.50. The molecular formula is C27H24N4. The number of anilines is 1. The number of nitrogens with zero attached hydrogens (tertiary/aromatic N) is 4. The summed E-state index contributed by atoms with van der Waals surface area (Å²) >= 11 is 0. The van der Waals surface area contributed by atoms with Gasteiger partial charge in [0.15, 0.2) is 0 Å². The highest BCUT2D eigenvalue weighted by molar-refractivity contribution is 5.79. The van der Waals surface area contributed by atoms with E-state index in [-0.39, 0.29) is 0 Å². The van der Waals surface area contributed by atoms with Gasteiger partial charge in [-0.25, -0.2) is 15.0 Å². The number of fused-ring (bicyclic) bond motifs is 1. The molecule has 3 heterocycles. The fourth-order valence-electron chi connectivity index (χ4n) is 4.13. The van der Waals surface area contributed by atoms with Crippen molar-refractivity contribution in [2.24, 2.45) is 0 Å². The van der Waals surface area contributed by atoms with Crippen molar-refractivity contribution >= 4 is 29.0 Å². The maximum absolute atomic E-state index is 5.05. The van der Waals surface area contributed by atoms with Gasteiger partial charge in [-0.15, -0.1) is 0 Å². The lowest BCUT2D eigenvalue weighted by molar-refractivity contribution is 0.510. The van der Waals surface area contributed by atoms with Crippen LogP contribution in [0.4, 0.5) is 5.82 Å². The Kier molecular flexibility index (Phi) is 4.83. The molecule has 2 aromatic heterocycles. The Balaban J connectivity index is 1.50. The highest BCUT2D eigenvalue weighted by Gasteiger charge is 2.33. The largest absolute Gasteiger partial charge is 0.355 e. The van der Waals surface area contributed by atoms with Crippen molar-refractivity contribution in [2.45, 2.75) is 12.8 Å². The van der Waals surface area contributed by atoms with Gasteiger partial charge in [-0.2, -0.15) is 0 Å². The fourth-order valence-corrected chi connectivity index (χ4v) is 4.13. The van der Waals surface area contributed by atoms with Gasteiger partial charge in [-0.05, 0) is 48.9 Å². The number of para-hydroxylation sites is 2. The van der Waals surface area contributed by atoms with E-state index in [1.807, 2.05) is 42.5 Å². The SMILES string of the molecule is C=Cc1ccc(N2CC(c3nc4ccccc4nc3-c3cccc(C)c3)C2)nc1C=C. The van der Waals surface area contributed by atoms with Gasteiger partial charge < -0.3 is 4.90 Å². The summed E-state index contributed by atoms with van der Waals surface area (Å²) in [7, 11) is 0. The molecule has 4 aromatic rings. The van der Waals surface area contributed by atoms with Gasteiger partial charge >= 0.3 is 0 Å². The predicted molar refractivity (Wildman–Crippen MR) is 129 cm³/mol. The van der Waals surface area contributed by atoms with Crippen LogP contribution in [0.1, 0.15) is 28.4 Å². The molecule has 2 aromatic carbocycles. The maximum Gasteiger partial charge on any atom is 0.129 e. The lowest BCUT2D eigenvalue weighted by Gasteiger charge is -2.40. The van der Waals surface area contributed by atoms with Crippen LogP contribution in [0, 0.1) is 6.92 Å². The van der Waals surface area contributed by atoms with Gasteiger partial charge in [0.1, 0.15) is 5.82 Å².